The highest BCUT2D eigenvalue weighted by Gasteiger charge is 2.27. The van der Waals surface area contributed by atoms with Gasteiger partial charge in [0.25, 0.3) is 5.69 Å². The quantitative estimate of drug-likeness (QED) is 0.386. The monoisotopic (exact) mass is 393 g/mol. The molecule has 7 nitrogen and oxygen atoms in total. The van der Waals surface area contributed by atoms with Crippen molar-refractivity contribution in [3.05, 3.63) is 63.2 Å². The minimum atomic E-state index is -0.884. The van der Waals surface area contributed by atoms with Gasteiger partial charge in [0.1, 0.15) is 5.75 Å². The fourth-order valence-corrected chi connectivity index (χ4v) is 2.39. The molecular formula is C19H20ClNO6. The van der Waals surface area contributed by atoms with E-state index in [4.69, 9.17) is 25.8 Å². The summed E-state index contributed by atoms with van der Waals surface area (Å²) in [6, 6.07) is 10.5. The van der Waals surface area contributed by atoms with Crippen molar-refractivity contribution in [1.82, 2.24) is 0 Å². The maximum atomic E-state index is 12.1. The number of esters is 1. The van der Waals surface area contributed by atoms with Gasteiger partial charge in [-0.15, -0.1) is 0 Å². The first-order valence-electron chi connectivity index (χ1n) is 8.08. The molecule has 2 rings (SSSR count). The number of nitro benzene ring substituents is 1. The second kappa shape index (κ2) is 8.37. The molecule has 0 aliphatic heterocycles. The molecule has 0 spiro atoms. The van der Waals surface area contributed by atoms with Crippen molar-refractivity contribution in [3.8, 4) is 11.5 Å². The summed E-state index contributed by atoms with van der Waals surface area (Å²) in [4.78, 5) is 22.4. The lowest BCUT2D eigenvalue weighted by atomic mass is 10.1. The van der Waals surface area contributed by atoms with Crippen LogP contribution in [0.4, 0.5) is 5.69 Å². The number of hydrogen-bond donors (Lipinski definition) is 0. The lowest BCUT2D eigenvalue weighted by Gasteiger charge is -2.26. The van der Waals surface area contributed by atoms with Crippen LogP contribution in [0.5, 0.6) is 11.5 Å². The third-order valence-electron chi connectivity index (χ3n) is 3.42. The average molecular weight is 394 g/mol. The third-order valence-corrected chi connectivity index (χ3v) is 3.74. The standard InChI is InChI=1S/C19H20ClNO6/c1-19(2,3)27-17(18(22)25-4)12-5-8-14(9-6-12)26-16-11-13(21(23)24)7-10-15(16)20/h5-11,17H,1-4H3. The van der Waals surface area contributed by atoms with E-state index >= 15 is 0 Å². The molecule has 0 bridgehead atoms. The Labute approximate surface area is 162 Å². The van der Waals surface area contributed by atoms with Gasteiger partial charge in [0.05, 0.1) is 28.7 Å². The van der Waals surface area contributed by atoms with Crippen LogP contribution < -0.4 is 4.74 Å². The number of carbonyl (C=O) groups is 1. The van der Waals surface area contributed by atoms with Crippen LogP contribution in [0.25, 0.3) is 0 Å². The van der Waals surface area contributed by atoms with Crippen molar-refractivity contribution in [2.24, 2.45) is 0 Å². The molecule has 8 heteroatoms. The Morgan fingerprint density at radius 2 is 1.78 bits per heavy atom. The van der Waals surface area contributed by atoms with Gasteiger partial charge in [-0.05, 0) is 44.5 Å². The SMILES string of the molecule is COC(=O)C(OC(C)(C)C)c1ccc(Oc2cc([N+](=O)[O-])ccc2Cl)cc1. The van der Waals surface area contributed by atoms with Gasteiger partial charge < -0.3 is 14.2 Å². The largest absolute Gasteiger partial charge is 0.467 e. The molecular weight excluding hydrogens is 374 g/mol. The Morgan fingerprint density at radius 3 is 2.30 bits per heavy atom. The summed E-state index contributed by atoms with van der Waals surface area (Å²) in [6.07, 6.45) is -0.884. The van der Waals surface area contributed by atoms with Crippen molar-refractivity contribution in [3.63, 3.8) is 0 Å². The van der Waals surface area contributed by atoms with Gasteiger partial charge in [0, 0.05) is 6.07 Å². The molecule has 1 unspecified atom stereocenters. The normalized spacial score (nSPS) is 12.3. The van der Waals surface area contributed by atoms with Crippen LogP contribution in [0.2, 0.25) is 5.02 Å². The zero-order valence-corrected chi connectivity index (χ0v) is 16.1. The Balaban J connectivity index is 2.25. The number of rotatable bonds is 6. The second-order valence-electron chi connectivity index (χ2n) is 6.68. The first-order chi connectivity index (χ1) is 12.6. The van der Waals surface area contributed by atoms with Crippen molar-refractivity contribution < 1.29 is 23.9 Å². The predicted octanol–water partition coefficient (Wildman–Crippen LogP) is 5.07. The van der Waals surface area contributed by atoms with E-state index in [1.54, 1.807) is 24.3 Å². The number of hydrogen-bond acceptors (Lipinski definition) is 6. The molecule has 0 saturated carbocycles. The maximum Gasteiger partial charge on any atom is 0.339 e. The third kappa shape index (κ3) is 5.67. The summed E-state index contributed by atoms with van der Waals surface area (Å²) >= 11 is 6.04. The second-order valence-corrected chi connectivity index (χ2v) is 7.08. The first kappa shape index (κ1) is 20.7. The number of ether oxygens (including phenoxy) is 3. The Hall–Kier alpha value is -2.64. The van der Waals surface area contributed by atoms with Crippen LogP contribution in [0.15, 0.2) is 42.5 Å². The Bertz CT molecular complexity index is 829. The van der Waals surface area contributed by atoms with E-state index in [2.05, 4.69) is 0 Å². The van der Waals surface area contributed by atoms with Gasteiger partial charge in [-0.1, -0.05) is 23.7 Å². The number of benzene rings is 2. The summed E-state index contributed by atoms with van der Waals surface area (Å²) in [7, 11) is 1.29. The lowest BCUT2D eigenvalue weighted by molar-refractivity contribution is -0.384. The number of nitro groups is 1. The zero-order chi connectivity index (χ0) is 20.2. The fourth-order valence-electron chi connectivity index (χ4n) is 2.23. The van der Waals surface area contributed by atoms with Gasteiger partial charge in [-0.3, -0.25) is 10.1 Å². The van der Waals surface area contributed by atoms with E-state index in [0.29, 0.717) is 11.3 Å². The minimum Gasteiger partial charge on any atom is -0.467 e. The fraction of sp³-hybridized carbons (Fsp3) is 0.316. The highest BCUT2D eigenvalue weighted by molar-refractivity contribution is 6.32. The number of methoxy groups -OCH3 is 1. The maximum absolute atomic E-state index is 12.1. The minimum absolute atomic E-state index is 0.129. The molecule has 0 aromatic heterocycles. The van der Waals surface area contributed by atoms with Gasteiger partial charge in [0.15, 0.2) is 11.9 Å². The van der Waals surface area contributed by atoms with Crippen LogP contribution in [-0.4, -0.2) is 23.6 Å². The van der Waals surface area contributed by atoms with E-state index in [0.717, 1.165) is 0 Å². The molecule has 0 fully saturated rings. The van der Waals surface area contributed by atoms with Crippen LogP contribution >= 0.6 is 11.6 Å². The molecule has 0 saturated heterocycles. The number of halogens is 1. The van der Waals surface area contributed by atoms with Gasteiger partial charge in [-0.2, -0.15) is 0 Å². The Morgan fingerprint density at radius 1 is 1.15 bits per heavy atom. The summed E-state index contributed by atoms with van der Waals surface area (Å²) in [5.41, 5.74) is -0.0885. The van der Waals surface area contributed by atoms with Crippen LogP contribution in [-0.2, 0) is 14.3 Å². The van der Waals surface area contributed by atoms with Crippen LogP contribution in [0.3, 0.4) is 0 Å². The number of non-ortho nitro benzene ring substituents is 1. The van der Waals surface area contributed by atoms with E-state index < -0.39 is 22.6 Å². The number of nitrogens with zero attached hydrogens (tertiary/aromatic N) is 1. The first-order valence-corrected chi connectivity index (χ1v) is 8.46. The summed E-state index contributed by atoms with van der Waals surface area (Å²) < 4.78 is 16.2. The van der Waals surface area contributed by atoms with Crippen LogP contribution in [0, 0.1) is 10.1 Å². The molecule has 0 aliphatic rings. The van der Waals surface area contributed by atoms with E-state index in [9.17, 15) is 14.9 Å². The van der Waals surface area contributed by atoms with Crippen LogP contribution in [0.1, 0.15) is 32.4 Å². The smallest absolute Gasteiger partial charge is 0.339 e. The van der Waals surface area contributed by atoms with Crippen molar-refractivity contribution in [2.45, 2.75) is 32.5 Å². The topological polar surface area (TPSA) is 87.9 Å². The molecule has 0 amide bonds. The molecule has 27 heavy (non-hydrogen) atoms. The van der Waals surface area contributed by atoms with E-state index in [1.165, 1.54) is 25.3 Å². The molecule has 144 valence electrons. The molecule has 0 aliphatic carbocycles. The summed E-state index contributed by atoms with van der Waals surface area (Å²) in [5.74, 6) is 0.0509. The van der Waals surface area contributed by atoms with Gasteiger partial charge in [0.2, 0.25) is 0 Å². The zero-order valence-electron chi connectivity index (χ0n) is 15.4. The van der Waals surface area contributed by atoms with E-state index in [1.807, 2.05) is 20.8 Å². The van der Waals surface area contributed by atoms with E-state index in [-0.39, 0.29) is 16.5 Å². The highest BCUT2D eigenvalue weighted by Crippen LogP contribution is 2.34. The molecule has 2 aromatic carbocycles. The van der Waals surface area contributed by atoms with Crippen molar-refractivity contribution in [1.29, 1.82) is 0 Å². The Kier molecular flexibility index (Phi) is 6.41. The highest BCUT2D eigenvalue weighted by atomic mass is 35.5. The molecule has 1 atom stereocenters. The van der Waals surface area contributed by atoms with Gasteiger partial charge in [-0.25, -0.2) is 4.79 Å². The molecule has 2 aromatic rings. The van der Waals surface area contributed by atoms with Crippen molar-refractivity contribution in [2.75, 3.05) is 7.11 Å². The van der Waals surface area contributed by atoms with Gasteiger partial charge >= 0.3 is 5.97 Å². The van der Waals surface area contributed by atoms with Crippen molar-refractivity contribution >= 4 is 23.3 Å². The summed E-state index contributed by atoms with van der Waals surface area (Å²) in [5, 5.41) is 11.1. The molecule has 0 radical (unpaired) electrons. The average Bonchev–Trinajstić information content (AvgIpc) is 2.60. The lowest BCUT2D eigenvalue weighted by Crippen LogP contribution is -2.28. The summed E-state index contributed by atoms with van der Waals surface area (Å²) in [6.45, 7) is 5.51. The predicted molar refractivity (Wildman–Crippen MR) is 100 cm³/mol. The number of carbonyl (C=O) groups excluding carboxylic acids is 1. The molecule has 0 heterocycles. The molecule has 0 N–H and O–H groups in total.